The van der Waals surface area contributed by atoms with Gasteiger partial charge in [-0.05, 0) is 27.4 Å². The summed E-state index contributed by atoms with van der Waals surface area (Å²) in [4.78, 5) is 0. The molecule has 1 aliphatic heterocycles. The van der Waals surface area contributed by atoms with Gasteiger partial charge in [0.25, 0.3) is 10.0 Å². The molecule has 96 valence electrons. The largest absolute Gasteiger partial charge is 0.378 e. The highest BCUT2D eigenvalue weighted by molar-refractivity contribution is 9.10. The SMILES string of the molecule is CO[C@H]1CNCC1NS(=O)(=O)c1sccc1Br. The predicted octanol–water partition coefficient (Wildman–Crippen LogP) is 0.776. The number of sulfonamides is 1. The van der Waals surface area contributed by atoms with Crippen molar-refractivity contribution in [2.45, 2.75) is 16.4 Å². The molecule has 5 nitrogen and oxygen atoms in total. The maximum Gasteiger partial charge on any atom is 0.251 e. The molecule has 1 aromatic rings. The zero-order valence-corrected chi connectivity index (χ0v) is 12.4. The Bertz CT molecular complexity index is 488. The van der Waals surface area contributed by atoms with Crippen LogP contribution in [-0.4, -0.2) is 40.8 Å². The van der Waals surface area contributed by atoms with Gasteiger partial charge in [0.2, 0.25) is 0 Å². The maximum absolute atomic E-state index is 12.1. The van der Waals surface area contributed by atoms with Crippen molar-refractivity contribution < 1.29 is 13.2 Å². The lowest BCUT2D eigenvalue weighted by Crippen LogP contribution is -2.43. The van der Waals surface area contributed by atoms with Gasteiger partial charge in [-0.3, -0.25) is 0 Å². The average molecular weight is 341 g/mol. The zero-order chi connectivity index (χ0) is 12.5. The Morgan fingerprint density at radius 2 is 2.35 bits per heavy atom. The molecule has 0 aromatic carbocycles. The van der Waals surface area contributed by atoms with Gasteiger partial charge < -0.3 is 10.1 Å². The van der Waals surface area contributed by atoms with Gasteiger partial charge in [0.1, 0.15) is 4.21 Å². The smallest absolute Gasteiger partial charge is 0.251 e. The first-order valence-corrected chi connectivity index (χ1v) is 8.19. The van der Waals surface area contributed by atoms with Gasteiger partial charge in [0.15, 0.2) is 0 Å². The standard InChI is InChI=1S/C9H13BrN2O3S2/c1-15-8-5-11-4-7(8)12-17(13,14)9-6(10)2-3-16-9/h2-3,7-8,11-12H,4-5H2,1H3/t7?,8-/m0/s1. The van der Waals surface area contributed by atoms with E-state index in [0.717, 1.165) is 0 Å². The van der Waals surface area contributed by atoms with Gasteiger partial charge in [-0.2, -0.15) is 0 Å². The Kier molecular flexibility index (Phi) is 4.22. The monoisotopic (exact) mass is 340 g/mol. The van der Waals surface area contributed by atoms with Gasteiger partial charge in [0.05, 0.1) is 12.1 Å². The molecule has 2 heterocycles. The highest BCUT2D eigenvalue weighted by Crippen LogP contribution is 2.27. The number of ether oxygens (including phenoxy) is 1. The number of hydrogen-bond acceptors (Lipinski definition) is 5. The van der Waals surface area contributed by atoms with Crippen LogP contribution >= 0.6 is 27.3 Å². The Balaban J connectivity index is 2.16. The second-order valence-electron chi connectivity index (χ2n) is 3.72. The van der Waals surface area contributed by atoms with Crippen LogP contribution in [0.15, 0.2) is 20.1 Å². The highest BCUT2D eigenvalue weighted by atomic mass is 79.9. The molecule has 1 aromatic heterocycles. The number of halogens is 1. The van der Waals surface area contributed by atoms with Gasteiger partial charge in [-0.1, -0.05) is 0 Å². The fourth-order valence-corrected chi connectivity index (χ4v) is 5.36. The van der Waals surface area contributed by atoms with Crippen molar-refractivity contribution in [1.29, 1.82) is 0 Å². The van der Waals surface area contributed by atoms with Crippen molar-refractivity contribution in [1.82, 2.24) is 10.0 Å². The summed E-state index contributed by atoms with van der Waals surface area (Å²) in [5, 5.41) is 4.83. The number of hydrogen-bond donors (Lipinski definition) is 2. The Labute approximate surface area is 113 Å². The van der Waals surface area contributed by atoms with Crippen LogP contribution in [0.4, 0.5) is 0 Å². The summed E-state index contributed by atoms with van der Waals surface area (Å²) in [5.74, 6) is 0. The predicted molar refractivity (Wildman–Crippen MR) is 69.8 cm³/mol. The first-order chi connectivity index (χ1) is 8.04. The van der Waals surface area contributed by atoms with Crippen LogP contribution in [0, 0.1) is 0 Å². The lowest BCUT2D eigenvalue weighted by Gasteiger charge is -2.18. The minimum atomic E-state index is -3.47. The Morgan fingerprint density at radius 3 is 2.94 bits per heavy atom. The number of thiophene rings is 1. The molecule has 2 atom stereocenters. The van der Waals surface area contributed by atoms with E-state index in [0.29, 0.717) is 21.8 Å². The summed E-state index contributed by atoms with van der Waals surface area (Å²) in [5.41, 5.74) is 0. The Morgan fingerprint density at radius 1 is 1.59 bits per heavy atom. The summed E-state index contributed by atoms with van der Waals surface area (Å²) >= 11 is 4.42. The molecular weight excluding hydrogens is 328 g/mol. The molecule has 17 heavy (non-hydrogen) atoms. The van der Waals surface area contributed by atoms with Crippen LogP contribution in [0.2, 0.25) is 0 Å². The molecule has 0 aliphatic carbocycles. The molecule has 1 unspecified atom stereocenters. The molecule has 0 radical (unpaired) electrons. The molecule has 0 amide bonds. The first-order valence-electron chi connectivity index (χ1n) is 5.03. The molecule has 1 saturated heterocycles. The van der Waals surface area contributed by atoms with Crippen LogP contribution in [0.3, 0.4) is 0 Å². The molecule has 8 heteroatoms. The summed E-state index contributed by atoms with van der Waals surface area (Å²) in [6.45, 7) is 1.25. The van der Waals surface area contributed by atoms with Crippen LogP contribution in [0.25, 0.3) is 0 Å². The lowest BCUT2D eigenvalue weighted by molar-refractivity contribution is 0.103. The van der Waals surface area contributed by atoms with Crippen molar-refractivity contribution in [3.05, 3.63) is 15.9 Å². The third-order valence-corrected chi connectivity index (χ3v) is 6.76. The average Bonchev–Trinajstić information content (AvgIpc) is 2.86. The van der Waals surface area contributed by atoms with E-state index in [1.807, 2.05) is 0 Å². The van der Waals surface area contributed by atoms with E-state index in [2.05, 4.69) is 26.0 Å². The molecule has 1 fully saturated rings. The topological polar surface area (TPSA) is 67.4 Å². The fraction of sp³-hybridized carbons (Fsp3) is 0.556. The third kappa shape index (κ3) is 2.88. The molecule has 2 N–H and O–H groups in total. The van der Waals surface area contributed by atoms with Crippen molar-refractivity contribution >= 4 is 37.3 Å². The maximum atomic E-state index is 12.1. The second-order valence-corrected chi connectivity index (χ2v) is 7.40. The summed E-state index contributed by atoms with van der Waals surface area (Å²) in [6, 6.07) is 1.50. The minimum Gasteiger partial charge on any atom is -0.378 e. The van der Waals surface area contributed by atoms with E-state index < -0.39 is 10.0 Å². The van der Waals surface area contributed by atoms with Gasteiger partial charge in [-0.15, -0.1) is 11.3 Å². The summed E-state index contributed by atoms with van der Waals surface area (Å²) in [7, 11) is -1.89. The highest BCUT2D eigenvalue weighted by Gasteiger charge is 2.32. The first kappa shape index (κ1) is 13.4. The molecule has 2 rings (SSSR count). The van der Waals surface area contributed by atoms with E-state index in [1.54, 1.807) is 18.6 Å². The van der Waals surface area contributed by atoms with Crippen LogP contribution in [0.5, 0.6) is 0 Å². The van der Waals surface area contributed by atoms with Crippen molar-refractivity contribution in [2.24, 2.45) is 0 Å². The molecular formula is C9H13BrN2O3S2. The van der Waals surface area contributed by atoms with Crippen LogP contribution < -0.4 is 10.0 Å². The lowest BCUT2D eigenvalue weighted by atomic mass is 10.2. The van der Waals surface area contributed by atoms with Crippen LogP contribution in [0.1, 0.15) is 0 Å². The van der Waals surface area contributed by atoms with Crippen molar-refractivity contribution in [2.75, 3.05) is 20.2 Å². The van der Waals surface area contributed by atoms with Crippen LogP contribution in [-0.2, 0) is 14.8 Å². The number of methoxy groups -OCH3 is 1. The zero-order valence-electron chi connectivity index (χ0n) is 9.14. The number of rotatable bonds is 4. The molecule has 1 aliphatic rings. The van der Waals surface area contributed by atoms with Crippen molar-refractivity contribution in [3.63, 3.8) is 0 Å². The van der Waals surface area contributed by atoms with E-state index in [4.69, 9.17) is 4.74 Å². The molecule has 0 bridgehead atoms. The van der Waals surface area contributed by atoms with Gasteiger partial charge >= 0.3 is 0 Å². The van der Waals surface area contributed by atoms with Gasteiger partial charge in [-0.25, -0.2) is 13.1 Å². The van der Waals surface area contributed by atoms with Crippen molar-refractivity contribution in [3.8, 4) is 0 Å². The van der Waals surface area contributed by atoms with E-state index in [-0.39, 0.29) is 12.1 Å². The third-order valence-electron chi connectivity index (χ3n) is 2.60. The van der Waals surface area contributed by atoms with Gasteiger partial charge in [0, 0.05) is 24.7 Å². The Hall–Kier alpha value is 0.01000. The van der Waals surface area contributed by atoms with E-state index in [9.17, 15) is 8.42 Å². The summed E-state index contributed by atoms with van der Waals surface area (Å²) in [6.07, 6.45) is -0.122. The molecule has 0 saturated carbocycles. The summed E-state index contributed by atoms with van der Waals surface area (Å²) < 4.78 is 33.0. The minimum absolute atomic E-state index is 0.122. The number of nitrogens with one attached hydrogen (secondary N) is 2. The quantitative estimate of drug-likeness (QED) is 0.849. The molecule has 0 spiro atoms. The fourth-order valence-electron chi connectivity index (χ4n) is 1.74. The van der Waals surface area contributed by atoms with E-state index in [1.165, 1.54) is 11.3 Å². The van der Waals surface area contributed by atoms with E-state index >= 15 is 0 Å². The second kappa shape index (κ2) is 5.33. The normalized spacial score (nSPS) is 25.3.